The second kappa shape index (κ2) is 14.6. The van der Waals surface area contributed by atoms with Gasteiger partial charge in [0.05, 0.1) is 24.8 Å². The minimum atomic E-state index is -0.0494. The van der Waals surface area contributed by atoms with Gasteiger partial charge in [-0.1, -0.05) is 48.9 Å². The third kappa shape index (κ3) is 8.23. The van der Waals surface area contributed by atoms with E-state index >= 15 is 0 Å². The number of hydrogen-bond acceptors (Lipinski definition) is 4. The highest BCUT2D eigenvalue weighted by Gasteiger charge is 2.10. The minimum absolute atomic E-state index is 0.0494. The highest BCUT2D eigenvalue weighted by Crippen LogP contribution is 2.20. The van der Waals surface area contributed by atoms with Crippen molar-refractivity contribution >= 4 is 23.0 Å². The molecule has 0 saturated heterocycles. The lowest BCUT2D eigenvalue weighted by Crippen LogP contribution is -2.22. The van der Waals surface area contributed by atoms with E-state index < -0.39 is 0 Å². The van der Waals surface area contributed by atoms with Gasteiger partial charge in [-0.15, -0.1) is 0 Å². The fourth-order valence-electron chi connectivity index (χ4n) is 4.39. The summed E-state index contributed by atoms with van der Waals surface area (Å²) >= 11 is 0. The summed E-state index contributed by atoms with van der Waals surface area (Å²) < 4.78 is 13.4. The standard InChI is InChI=1S/C32H37N3O3/c1-37-27-18-20-28(21-19-27)38-25-11-10-24-35-30-15-8-7-14-29(30)34-31(35)16-6-3-9-23-33-32(36)22-17-26-12-4-2-5-13-26/h2,4-5,7-8,12-15,17-22H,3,6,9-11,16,23-25H2,1H3,(H,33,36)/b22-17+. The molecular formula is C32H37N3O3. The molecule has 6 nitrogen and oxygen atoms in total. The quantitative estimate of drug-likeness (QED) is 0.147. The Hall–Kier alpha value is -4.06. The fraction of sp³-hybridized carbons (Fsp3) is 0.312. The average molecular weight is 512 g/mol. The van der Waals surface area contributed by atoms with Gasteiger partial charge in [0, 0.05) is 25.6 Å². The van der Waals surface area contributed by atoms with Gasteiger partial charge in [-0.05, 0) is 73.7 Å². The van der Waals surface area contributed by atoms with Crippen LogP contribution in [0, 0.1) is 0 Å². The number of unbranched alkanes of at least 4 members (excludes halogenated alkanes) is 3. The highest BCUT2D eigenvalue weighted by atomic mass is 16.5. The molecule has 0 aliphatic carbocycles. The van der Waals surface area contributed by atoms with Gasteiger partial charge >= 0.3 is 0 Å². The largest absolute Gasteiger partial charge is 0.497 e. The number of para-hydroxylation sites is 2. The highest BCUT2D eigenvalue weighted by molar-refractivity contribution is 5.91. The van der Waals surface area contributed by atoms with Gasteiger partial charge < -0.3 is 19.4 Å². The van der Waals surface area contributed by atoms with E-state index in [1.54, 1.807) is 13.2 Å². The van der Waals surface area contributed by atoms with Crippen molar-refractivity contribution in [1.82, 2.24) is 14.9 Å². The molecule has 0 aliphatic rings. The Morgan fingerprint density at radius 2 is 1.63 bits per heavy atom. The first-order chi connectivity index (χ1) is 18.7. The van der Waals surface area contributed by atoms with Crippen LogP contribution < -0.4 is 14.8 Å². The number of carbonyl (C=O) groups is 1. The number of amides is 1. The summed E-state index contributed by atoms with van der Waals surface area (Å²) in [5, 5.41) is 2.98. The van der Waals surface area contributed by atoms with Crippen LogP contribution in [0.5, 0.6) is 11.5 Å². The van der Waals surface area contributed by atoms with Crippen molar-refractivity contribution in [3.8, 4) is 11.5 Å². The summed E-state index contributed by atoms with van der Waals surface area (Å²) in [5.74, 6) is 2.78. The van der Waals surface area contributed by atoms with Crippen LogP contribution in [0.1, 0.15) is 43.5 Å². The van der Waals surface area contributed by atoms with E-state index in [2.05, 4.69) is 28.1 Å². The van der Waals surface area contributed by atoms with E-state index in [0.29, 0.717) is 13.2 Å². The zero-order chi connectivity index (χ0) is 26.4. The summed E-state index contributed by atoms with van der Waals surface area (Å²) in [5.41, 5.74) is 3.26. The predicted octanol–water partition coefficient (Wildman–Crippen LogP) is 6.45. The molecule has 0 atom stereocenters. The molecule has 1 amide bonds. The molecule has 38 heavy (non-hydrogen) atoms. The smallest absolute Gasteiger partial charge is 0.243 e. The van der Waals surface area contributed by atoms with Gasteiger partial charge in [0.15, 0.2) is 0 Å². The number of benzene rings is 3. The van der Waals surface area contributed by atoms with Crippen molar-refractivity contribution in [2.75, 3.05) is 20.3 Å². The fourth-order valence-corrected chi connectivity index (χ4v) is 4.39. The van der Waals surface area contributed by atoms with Gasteiger partial charge in [0.2, 0.25) is 5.91 Å². The van der Waals surface area contributed by atoms with Crippen molar-refractivity contribution < 1.29 is 14.3 Å². The lowest BCUT2D eigenvalue weighted by molar-refractivity contribution is -0.116. The van der Waals surface area contributed by atoms with E-state index in [1.807, 2.05) is 66.7 Å². The maximum absolute atomic E-state index is 12.0. The van der Waals surface area contributed by atoms with Crippen LogP contribution in [0.3, 0.4) is 0 Å². The van der Waals surface area contributed by atoms with Crippen LogP contribution in [0.15, 0.2) is 84.9 Å². The Bertz CT molecular complexity index is 1300. The van der Waals surface area contributed by atoms with Gasteiger partial charge in [-0.3, -0.25) is 4.79 Å². The van der Waals surface area contributed by atoms with E-state index in [0.717, 1.165) is 73.5 Å². The summed E-state index contributed by atoms with van der Waals surface area (Å²) in [6, 6.07) is 25.9. The number of rotatable bonds is 15. The van der Waals surface area contributed by atoms with Gasteiger partial charge in [0.25, 0.3) is 0 Å². The van der Waals surface area contributed by atoms with Crippen LogP contribution in [0.2, 0.25) is 0 Å². The molecule has 0 saturated carbocycles. The van der Waals surface area contributed by atoms with E-state index in [4.69, 9.17) is 14.5 Å². The zero-order valence-corrected chi connectivity index (χ0v) is 22.1. The first-order valence-corrected chi connectivity index (χ1v) is 13.4. The monoisotopic (exact) mass is 511 g/mol. The van der Waals surface area contributed by atoms with Crippen LogP contribution in [0.4, 0.5) is 0 Å². The van der Waals surface area contributed by atoms with E-state index in [9.17, 15) is 4.79 Å². The number of nitrogens with zero attached hydrogens (tertiary/aromatic N) is 2. The second-order valence-electron chi connectivity index (χ2n) is 9.25. The molecule has 0 unspecified atom stereocenters. The molecule has 0 spiro atoms. The molecule has 198 valence electrons. The van der Waals surface area contributed by atoms with Crippen molar-refractivity contribution in [2.24, 2.45) is 0 Å². The normalized spacial score (nSPS) is 11.2. The Balaban J connectivity index is 1.18. The van der Waals surface area contributed by atoms with Crippen molar-refractivity contribution in [2.45, 2.75) is 45.1 Å². The van der Waals surface area contributed by atoms with Gasteiger partial charge in [-0.2, -0.15) is 0 Å². The SMILES string of the molecule is COc1ccc(OCCCCn2c(CCCCCNC(=O)/C=C/c3ccccc3)nc3ccccc32)cc1. The summed E-state index contributed by atoms with van der Waals surface area (Å²) in [6.45, 7) is 2.29. The lowest BCUT2D eigenvalue weighted by Gasteiger charge is -2.11. The first-order valence-electron chi connectivity index (χ1n) is 13.4. The summed E-state index contributed by atoms with van der Waals surface area (Å²) in [6.07, 6.45) is 9.39. The number of carbonyl (C=O) groups excluding carboxylic acids is 1. The topological polar surface area (TPSA) is 65.4 Å². The maximum atomic E-state index is 12.0. The van der Waals surface area contributed by atoms with Crippen molar-refractivity contribution in [3.05, 3.63) is 96.3 Å². The number of aromatic nitrogens is 2. The third-order valence-corrected chi connectivity index (χ3v) is 6.44. The molecule has 0 aliphatic heterocycles. The second-order valence-corrected chi connectivity index (χ2v) is 9.25. The molecule has 0 bridgehead atoms. The zero-order valence-electron chi connectivity index (χ0n) is 22.1. The average Bonchev–Trinajstić information content (AvgIpc) is 3.31. The molecule has 1 heterocycles. The molecular weight excluding hydrogens is 474 g/mol. The maximum Gasteiger partial charge on any atom is 0.243 e. The van der Waals surface area contributed by atoms with Crippen molar-refractivity contribution in [3.63, 3.8) is 0 Å². The number of aryl methyl sites for hydroxylation is 2. The van der Waals surface area contributed by atoms with Crippen LogP contribution in [0.25, 0.3) is 17.1 Å². The van der Waals surface area contributed by atoms with Crippen LogP contribution in [-0.4, -0.2) is 35.7 Å². The molecule has 1 N–H and O–H groups in total. The van der Waals surface area contributed by atoms with E-state index in [-0.39, 0.29) is 5.91 Å². The summed E-state index contributed by atoms with van der Waals surface area (Å²) in [7, 11) is 1.66. The molecule has 4 aromatic rings. The van der Waals surface area contributed by atoms with Crippen molar-refractivity contribution in [1.29, 1.82) is 0 Å². The lowest BCUT2D eigenvalue weighted by atomic mass is 10.2. The predicted molar refractivity (Wildman–Crippen MR) is 153 cm³/mol. The molecule has 3 aromatic carbocycles. The molecule has 4 rings (SSSR count). The van der Waals surface area contributed by atoms with Crippen LogP contribution in [-0.2, 0) is 17.8 Å². The van der Waals surface area contributed by atoms with Gasteiger partial charge in [0.1, 0.15) is 17.3 Å². The Labute approximate surface area is 225 Å². The number of fused-ring (bicyclic) bond motifs is 1. The first kappa shape index (κ1) is 27.0. The molecule has 0 radical (unpaired) electrons. The Morgan fingerprint density at radius 1 is 0.868 bits per heavy atom. The minimum Gasteiger partial charge on any atom is -0.497 e. The Morgan fingerprint density at radius 3 is 2.45 bits per heavy atom. The number of imidazole rings is 1. The molecule has 0 fully saturated rings. The number of ether oxygens (including phenoxy) is 2. The van der Waals surface area contributed by atoms with Gasteiger partial charge in [-0.25, -0.2) is 4.98 Å². The number of nitrogens with one attached hydrogen (secondary N) is 1. The van der Waals surface area contributed by atoms with Crippen LogP contribution >= 0.6 is 0 Å². The third-order valence-electron chi connectivity index (χ3n) is 6.44. The Kier molecular flexibility index (Phi) is 10.4. The number of hydrogen-bond donors (Lipinski definition) is 1. The number of methoxy groups -OCH3 is 1. The molecule has 6 heteroatoms. The summed E-state index contributed by atoms with van der Waals surface area (Å²) in [4.78, 5) is 17.0. The molecule has 1 aromatic heterocycles. The van der Waals surface area contributed by atoms with E-state index in [1.165, 1.54) is 5.52 Å².